The van der Waals surface area contributed by atoms with E-state index in [0.717, 1.165) is 16.7 Å². The van der Waals surface area contributed by atoms with Gasteiger partial charge in [-0.2, -0.15) is 0 Å². The topological polar surface area (TPSA) is 75.1 Å². The van der Waals surface area contributed by atoms with Gasteiger partial charge in [-0.05, 0) is 41.8 Å². The molecule has 3 atom stereocenters. The van der Waals surface area contributed by atoms with Gasteiger partial charge in [0.25, 0.3) is 5.91 Å². The average Bonchev–Trinajstić information content (AvgIpc) is 3.31. The van der Waals surface area contributed by atoms with Gasteiger partial charge in [-0.3, -0.25) is 4.79 Å². The molecule has 4 heterocycles. The molecule has 8 heteroatoms. The molecule has 5 rings (SSSR count). The van der Waals surface area contributed by atoms with E-state index in [4.69, 9.17) is 14.5 Å². The molecule has 0 bridgehead atoms. The second kappa shape index (κ2) is 7.76. The standard InChI is InChI=1S/C23H26FN3O4/c1-13-7-17-21(19(10-28)26(2)23(17)29)25-22(13)27-6-5-20(18(24)9-27)31-16-4-3-14-11-30-12-15(14)8-16/h3-4,7-8,18-20,28H,5-6,9-12H2,1-2H3/t18-,19+,20+/m0/s1. The smallest absolute Gasteiger partial charge is 0.256 e. The molecule has 3 aliphatic heterocycles. The maximum absolute atomic E-state index is 15.1. The van der Waals surface area contributed by atoms with Crippen molar-refractivity contribution in [1.82, 2.24) is 9.88 Å². The number of pyridine rings is 1. The molecule has 7 nitrogen and oxygen atoms in total. The lowest BCUT2D eigenvalue weighted by Crippen LogP contribution is -2.47. The second-order valence-electron chi connectivity index (χ2n) is 8.51. The molecule has 1 aromatic carbocycles. The number of halogens is 1. The number of aliphatic hydroxyl groups excluding tert-OH is 1. The zero-order valence-electron chi connectivity index (χ0n) is 17.7. The highest BCUT2D eigenvalue weighted by Gasteiger charge is 2.38. The van der Waals surface area contributed by atoms with Gasteiger partial charge in [-0.15, -0.1) is 0 Å². The molecule has 0 aliphatic carbocycles. The largest absolute Gasteiger partial charge is 0.487 e. The number of carbonyl (C=O) groups excluding carboxylic acids is 1. The van der Waals surface area contributed by atoms with Crippen LogP contribution in [0.1, 0.15) is 45.2 Å². The first-order valence-electron chi connectivity index (χ1n) is 10.6. The molecule has 0 radical (unpaired) electrons. The Bertz CT molecular complexity index is 1030. The number of aromatic nitrogens is 1. The fraction of sp³-hybridized carbons (Fsp3) is 0.478. The lowest BCUT2D eigenvalue weighted by Gasteiger charge is -2.36. The quantitative estimate of drug-likeness (QED) is 0.808. The van der Waals surface area contributed by atoms with Crippen LogP contribution in [-0.4, -0.2) is 59.9 Å². The van der Waals surface area contributed by atoms with Crippen molar-refractivity contribution in [3.63, 3.8) is 0 Å². The van der Waals surface area contributed by atoms with E-state index in [2.05, 4.69) is 0 Å². The van der Waals surface area contributed by atoms with Crippen molar-refractivity contribution in [1.29, 1.82) is 0 Å². The SMILES string of the molecule is Cc1cc2c(nc1N1CC[C@@H](Oc3ccc4c(c3)COC4)[C@@H](F)C1)[C@@H](CO)N(C)C2=O. The third-order valence-electron chi connectivity index (χ3n) is 6.48. The molecule has 0 spiro atoms. The van der Waals surface area contributed by atoms with E-state index in [-0.39, 0.29) is 19.1 Å². The van der Waals surface area contributed by atoms with Crippen LogP contribution in [-0.2, 0) is 18.0 Å². The lowest BCUT2D eigenvalue weighted by molar-refractivity contribution is 0.0714. The monoisotopic (exact) mass is 427 g/mol. The van der Waals surface area contributed by atoms with Crippen molar-refractivity contribution in [2.24, 2.45) is 0 Å². The molecule has 0 saturated carbocycles. The number of fused-ring (bicyclic) bond motifs is 2. The van der Waals surface area contributed by atoms with E-state index in [1.807, 2.05) is 30.0 Å². The number of hydrogen-bond acceptors (Lipinski definition) is 6. The number of benzene rings is 1. The molecule has 31 heavy (non-hydrogen) atoms. The van der Waals surface area contributed by atoms with Gasteiger partial charge in [0.15, 0.2) is 6.17 Å². The molecule has 1 aromatic heterocycles. The summed E-state index contributed by atoms with van der Waals surface area (Å²) in [6.07, 6.45) is -1.18. The maximum Gasteiger partial charge on any atom is 0.256 e. The number of anilines is 1. The van der Waals surface area contributed by atoms with Crippen molar-refractivity contribution >= 4 is 11.7 Å². The number of amides is 1. The first-order chi connectivity index (χ1) is 15.0. The number of ether oxygens (including phenoxy) is 2. The number of likely N-dealkylation sites (N-methyl/N-ethyl adjacent to an activating group) is 1. The highest BCUT2D eigenvalue weighted by Crippen LogP contribution is 2.35. The van der Waals surface area contributed by atoms with Crippen molar-refractivity contribution in [3.05, 3.63) is 52.2 Å². The summed E-state index contributed by atoms with van der Waals surface area (Å²) in [5.41, 5.74) is 4.15. The average molecular weight is 427 g/mol. The Morgan fingerprint density at radius 1 is 1.29 bits per heavy atom. The van der Waals surface area contributed by atoms with Crippen LogP contribution in [0, 0.1) is 6.92 Å². The van der Waals surface area contributed by atoms with E-state index in [0.29, 0.717) is 49.0 Å². The number of aryl methyl sites for hydroxylation is 1. The highest BCUT2D eigenvalue weighted by molar-refractivity contribution is 5.99. The first kappa shape index (κ1) is 20.2. The predicted molar refractivity (Wildman–Crippen MR) is 112 cm³/mol. The lowest BCUT2D eigenvalue weighted by atomic mass is 10.0. The second-order valence-corrected chi connectivity index (χ2v) is 8.51. The highest BCUT2D eigenvalue weighted by atomic mass is 19.1. The maximum atomic E-state index is 15.1. The normalized spacial score (nSPS) is 25.0. The van der Waals surface area contributed by atoms with E-state index in [1.54, 1.807) is 13.1 Å². The van der Waals surface area contributed by atoms with Gasteiger partial charge in [-0.25, -0.2) is 9.37 Å². The van der Waals surface area contributed by atoms with Crippen molar-refractivity contribution in [3.8, 4) is 5.75 Å². The van der Waals surface area contributed by atoms with Gasteiger partial charge >= 0.3 is 0 Å². The van der Waals surface area contributed by atoms with Gasteiger partial charge < -0.3 is 24.4 Å². The zero-order valence-corrected chi connectivity index (χ0v) is 17.7. The van der Waals surface area contributed by atoms with E-state index < -0.39 is 18.3 Å². The summed E-state index contributed by atoms with van der Waals surface area (Å²) in [4.78, 5) is 20.5. The Balaban J connectivity index is 1.32. The Kier molecular flexibility index (Phi) is 5.06. The van der Waals surface area contributed by atoms with E-state index >= 15 is 4.39 Å². The number of aliphatic hydroxyl groups is 1. The van der Waals surface area contributed by atoms with E-state index in [1.165, 1.54) is 4.90 Å². The molecule has 1 saturated heterocycles. The summed E-state index contributed by atoms with van der Waals surface area (Å²) in [6.45, 7) is 3.63. The third-order valence-corrected chi connectivity index (χ3v) is 6.48. The molecular formula is C23H26FN3O4. The molecule has 1 N–H and O–H groups in total. The zero-order chi connectivity index (χ0) is 21.7. The predicted octanol–water partition coefficient (Wildman–Crippen LogP) is 2.54. The fourth-order valence-corrected chi connectivity index (χ4v) is 4.69. The third kappa shape index (κ3) is 3.43. The number of nitrogens with zero attached hydrogens (tertiary/aromatic N) is 3. The Morgan fingerprint density at radius 3 is 2.87 bits per heavy atom. The van der Waals surface area contributed by atoms with Crippen LogP contribution < -0.4 is 9.64 Å². The number of carbonyl (C=O) groups is 1. The first-order valence-corrected chi connectivity index (χ1v) is 10.6. The van der Waals surface area contributed by atoms with Gasteiger partial charge in [0, 0.05) is 20.0 Å². The minimum atomic E-state index is -1.18. The minimum absolute atomic E-state index is 0.147. The summed E-state index contributed by atoms with van der Waals surface area (Å²) in [6, 6.07) is 7.13. The summed E-state index contributed by atoms with van der Waals surface area (Å²) < 4.78 is 26.5. The number of piperidine rings is 1. The van der Waals surface area contributed by atoms with Crippen molar-refractivity contribution in [2.75, 3.05) is 31.6 Å². The van der Waals surface area contributed by atoms with Gasteiger partial charge in [0.2, 0.25) is 0 Å². The molecule has 3 aliphatic rings. The Hall–Kier alpha value is -2.71. The Morgan fingerprint density at radius 2 is 2.10 bits per heavy atom. The summed E-state index contributed by atoms with van der Waals surface area (Å²) >= 11 is 0. The fourth-order valence-electron chi connectivity index (χ4n) is 4.69. The molecule has 0 unspecified atom stereocenters. The van der Waals surface area contributed by atoms with Crippen LogP contribution in [0.25, 0.3) is 0 Å². The molecule has 1 amide bonds. The minimum Gasteiger partial charge on any atom is -0.487 e. The van der Waals surface area contributed by atoms with Crippen LogP contribution in [0.15, 0.2) is 24.3 Å². The van der Waals surface area contributed by atoms with Crippen molar-refractivity contribution < 1.29 is 23.8 Å². The van der Waals surface area contributed by atoms with Crippen LogP contribution in [0.2, 0.25) is 0 Å². The molecular weight excluding hydrogens is 401 g/mol. The number of rotatable bonds is 4. The van der Waals surface area contributed by atoms with Gasteiger partial charge in [-0.1, -0.05) is 6.07 Å². The van der Waals surface area contributed by atoms with E-state index in [9.17, 15) is 9.90 Å². The summed E-state index contributed by atoms with van der Waals surface area (Å²) in [5.74, 6) is 1.19. The summed E-state index contributed by atoms with van der Waals surface area (Å²) in [7, 11) is 1.66. The molecule has 1 fully saturated rings. The summed E-state index contributed by atoms with van der Waals surface area (Å²) in [5, 5.41) is 9.71. The van der Waals surface area contributed by atoms with Crippen LogP contribution in [0.5, 0.6) is 5.75 Å². The number of hydrogen-bond donors (Lipinski definition) is 1. The van der Waals surface area contributed by atoms with Gasteiger partial charge in [0.05, 0.1) is 43.7 Å². The number of alkyl halides is 1. The molecule has 164 valence electrons. The van der Waals surface area contributed by atoms with Gasteiger partial charge in [0.1, 0.15) is 17.7 Å². The van der Waals surface area contributed by atoms with Crippen LogP contribution in [0.4, 0.5) is 10.2 Å². The van der Waals surface area contributed by atoms with Crippen molar-refractivity contribution in [2.45, 2.75) is 44.9 Å². The molecule has 2 aromatic rings. The van der Waals surface area contributed by atoms with Crippen LogP contribution in [0.3, 0.4) is 0 Å². The Labute approximate surface area is 180 Å². The van der Waals surface area contributed by atoms with Crippen LogP contribution >= 0.6 is 0 Å².